The van der Waals surface area contributed by atoms with E-state index in [1.165, 1.54) is 6.92 Å². The molecular formula is C18H26ClNO4. The Balaban J connectivity index is 0.000000754. The standard InChI is InChI=1S/C14H18ClNO2.C4H8O2/c1-4-14(10-18-11(2)17)16(3)9-12-5-7-13(15)8-6-12;1-4(2)6-3-5/h4-8H,9-10H2,1-3H3;3-4H,1-2H3. The van der Waals surface area contributed by atoms with Gasteiger partial charge in [-0.05, 0) is 38.5 Å². The Hall–Kier alpha value is -2.01. The fourth-order valence-corrected chi connectivity index (χ4v) is 1.79. The molecule has 1 rings (SSSR count). The summed E-state index contributed by atoms with van der Waals surface area (Å²) in [4.78, 5) is 22.2. The molecule has 0 aliphatic heterocycles. The Morgan fingerprint density at radius 2 is 1.88 bits per heavy atom. The van der Waals surface area contributed by atoms with E-state index >= 15 is 0 Å². The van der Waals surface area contributed by atoms with E-state index < -0.39 is 0 Å². The summed E-state index contributed by atoms with van der Waals surface area (Å²) in [6.45, 7) is 8.44. The maximum absolute atomic E-state index is 10.8. The Bertz CT molecular complexity index is 526. The van der Waals surface area contributed by atoms with Gasteiger partial charge in [0.1, 0.15) is 6.61 Å². The van der Waals surface area contributed by atoms with Gasteiger partial charge in [-0.1, -0.05) is 29.8 Å². The number of likely N-dealkylation sites (N-methyl/N-ethyl adjacent to an activating group) is 1. The van der Waals surface area contributed by atoms with Crippen molar-refractivity contribution in [2.24, 2.45) is 0 Å². The SMILES string of the molecule is CC(C)OC=O.CC=C(COC(C)=O)N(C)Cc1ccc(Cl)cc1. The molecule has 0 aliphatic rings. The molecule has 0 fully saturated rings. The minimum Gasteiger partial charge on any atom is -0.465 e. The van der Waals surface area contributed by atoms with Crippen molar-refractivity contribution in [3.63, 3.8) is 0 Å². The van der Waals surface area contributed by atoms with Gasteiger partial charge in [-0.3, -0.25) is 9.59 Å². The largest absolute Gasteiger partial charge is 0.465 e. The Morgan fingerprint density at radius 3 is 2.25 bits per heavy atom. The van der Waals surface area contributed by atoms with Gasteiger partial charge in [0, 0.05) is 31.2 Å². The normalized spacial score (nSPS) is 10.5. The summed E-state index contributed by atoms with van der Waals surface area (Å²) < 4.78 is 9.36. The van der Waals surface area contributed by atoms with Gasteiger partial charge in [0.15, 0.2) is 0 Å². The third kappa shape index (κ3) is 10.7. The third-order valence-electron chi connectivity index (χ3n) is 2.91. The molecule has 0 N–H and O–H groups in total. The molecule has 0 aliphatic carbocycles. The summed E-state index contributed by atoms with van der Waals surface area (Å²) in [5.74, 6) is -0.269. The van der Waals surface area contributed by atoms with Gasteiger partial charge in [0.2, 0.25) is 0 Å². The molecule has 1 aromatic rings. The first kappa shape index (κ1) is 22.0. The van der Waals surface area contributed by atoms with E-state index in [4.69, 9.17) is 16.3 Å². The van der Waals surface area contributed by atoms with Crippen LogP contribution >= 0.6 is 11.6 Å². The van der Waals surface area contributed by atoms with Crippen molar-refractivity contribution in [3.05, 3.63) is 46.6 Å². The highest BCUT2D eigenvalue weighted by atomic mass is 35.5. The molecule has 0 aromatic heterocycles. The van der Waals surface area contributed by atoms with Crippen LogP contribution in [0.25, 0.3) is 0 Å². The Morgan fingerprint density at radius 1 is 1.29 bits per heavy atom. The molecule has 1 aromatic carbocycles. The number of ether oxygens (including phenoxy) is 2. The first-order chi connectivity index (χ1) is 11.3. The predicted molar refractivity (Wildman–Crippen MR) is 95.6 cm³/mol. The minimum atomic E-state index is -0.269. The number of hydrogen-bond acceptors (Lipinski definition) is 5. The molecule has 134 valence electrons. The van der Waals surface area contributed by atoms with E-state index in [9.17, 15) is 9.59 Å². The van der Waals surface area contributed by atoms with Gasteiger partial charge < -0.3 is 14.4 Å². The molecule has 0 saturated carbocycles. The molecule has 0 saturated heterocycles. The van der Waals surface area contributed by atoms with Gasteiger partial charge in [0.25, 0.3) is 6.47 Å². The predicted octanol–water partition coefficient (Wildman–Crippen LogP) is 3.81. The zero-order valence-corrected chi connectivity index (χ0v) is 15.7. The van der Waals surface area contributed by atoms with E-state index in [-0.39, 0.29) is 12.1 Å². The molecule has 0 bridgehead atoms. The van der Waals surface area contributed by atoms with Gasteiger partial charge >= 0.3 is 5.97 Å². The van der Waals surface area contributed by atoms with Crippen molar-refractivity contribution in [1.82, 2.24) is 4.90 Å². The lowest BCUT2D eigenvalue weighted by molar-refractivity contribution is -0.140. The number of hydrogen-bond donors (Lipinski definition) is 0. The summed E-state index contributed by atoms with van der Waals surface area (Å²) in [7, 11) is 1.97. The van der Waals surface area contributed by atoms with Crippen molar-refractivity contribution in [1.29, 1.82) is 0 Å². The number of rotatable bonds is 7. The second-order valence-corrected chi connectivity index (χ2v) is 5.76. The van der Waals surface area contributed by atoms with Gasteiger partial charge in [-0.25, -0.2) is 0 Å². The minimum absolute atomic E-state index is 0.0301. The zero-order chi connectivity index (χ0) is 18.5. The number of benzene rings is 1. The molecule has 0 heterocycles. The van der Waals surface area contributed by atoms with Gasteiger partial charge in [-0.2, -0.15) is 0 Å². The van der Waals surface area contributed by atoms with E-state index in [0.29, 0.717) is 13.1 Å². The van der Waals surface area contributed by atoms with Crippen LogP contribution in [0.1, 0.15) is 33.3 Å². The van der Waals surface area contributed by atoms with Crippen LogP contribution in [0.5, 0.6) is 0 Å². The average Bonchev–Trinajstić information content (AvgIpc) is 2.50. The summed E-state index contributed by atoms with van der Waals surface area (Å²) in [5, 5.41) is 0.729. The number of carbonyl (C=O) groups excluding carboxylic acids is 2. The summed E-state index contributed by atoms with van der Waals surface area (Å²) in [6.07, 6.45) is 1.97. The first-order valence-electron chi connectivity index (χ1n) is 7.63. The fourth-order valence-electron chi connectivity index (χ4n) is 1.67. The van der Waals surface area contributed by atoms with Crippen molar-refractivity contribution in [2.45, 2.75) is 40.3 Å². The summed E-state index contributed by atoms with van der Waals surface area (Å²) >= 11 is 5.84. The number of nitrogens with zero attached hydrogens (tertiary/aromatic N) is 1. The number of carbonyl (C=O) groups is 2. The van der Waals surface area contributed by atoms with E-state index in [1.807, 2.05) is 49.2 Å². The van der Waals surface area contributed by atoms with Crippen molar-refractivity contribution in [2.75, 3.05) is 13.7 Å². The van der Waals surface area contributed by atoms with Crippen LogP contribution < -0.4 is 0 Å². The molecule has 0 amide bonds. The second-order valence-electron chi connectivity index (χ2n) is 5.32. The molecule has 24 heavy (non-hydrogen) atoms. The first-order valence-corrected chi connectivity index (χ1v) is 8.01. The van der Waals surface area contributed by atoms with Crippen molar-refractivity contribution in [3.8, 4) is 0 Å². The Labute approximate surface area is 149 Å². The fraction of sp³-hybridized carbons (Fsp3) is 0.444. The van der Waals surface area contributed by atoms with Crippen molar-refractivity contribution < 1.29 is 19.1 Å². The molecule has 0 unspecified atom stereocenters. The molecule has 0 spiro atoms. The van der Waals surface area contributed by atoms with Crippen LogP contribution in [0.3, 0.4) is 0 Å². The number of esters is 1. The molecular weight excluding hydrogens is 330 g/mol. The number of allylic oxidation sites excluding steroid dienone is 1. The van der Waals surface area contributed by atoms with Crippen LogP contribution in [0.4, 0.5) is 0 Å². The summed E-state index contributed by atoms with van der Waals surface area (Å²) in [6, 6.07) is 7.70. The van der Waals surface area contributed by atoms with Crippen LogP contribution in [-0.2, 0) is 25.6 Å². The van der Waals surface area contributed by atoms with Crippen LogP contribution in [-0.4, -0.2) is 37.1 Å². The molecule has 6 heteroatoms. The van der Waals surface area contributed by atoms with E-state index in [2.05, 4.69) is 4.74 Å². The molecule has 0 atom stereocenters. The number of halogens is 1. The maximum atomic E-state index is 10.8. The Kier molecular flexibility index (Phi) is 11.4. The lowest BCUT2D eigenvalue weighted by Crippen LogP contribution is -2.21. The van der Waals surface area contributed by atoms with Crippen LogP contribution in [0.2, 0.25) is 5.02 Å². The smallest absolute Gasteiger partial charge is 0.303 e. The van der Waals surface area contributed by atoms with Gasteiger partial charge in [0.05, 0.1) is 6.10 Å². The molecule has 5 nitrogen and oxygen atoms in total. The van der Waals surface area contributed by atoms with E-state index in [0.717, 1.165) is 22.8 Å². The second kappa shape index (κ2) is 12.4. The van der Waals surface area contributed by atoms with Crippen LogP contribution in [0.15, 0.2) is 36.0 Å². The lowest BCUT2D eigenvalue weighted by atomic mass is 10.2. The van der Waals surface area contributed by atoms with E-state index in [1.54, 1.807) is 13.8 Å². The lowest BCUT2D eigenvalue weighted by Gasteiger charge is -2.22. The molecule has 0 radical (unpaired) electrons. The monoisotopic (exact) mass is 355 g/mol. The van der Waals surface area contributed by atoms with Crippen LogP contribution in [0, 0.1) is 0 Å². The highest BCUT2D eigenvalue weighted by Crippen LogP contribution is 2.13. The average molecular weight is 356 g/mol. The highest BCUT2D eigenvalue weighted by Gasteiger charge is 2.06. The zero-order valence-electron chi connectivity index (χ0n) is 14.9. The maximum Gasteiger partial charge on any atom is 0.303 e. The third-order valence-corrected chi connectivity index (χ3v) is 3.16. The van der Waals surface area contributed by atoms with Crippen molar-refractivity contribution >= 4 is 24.0 Å². The highest BCUT2D eigenvalue weighted by molar-refractivity contribution is 6.30. The quantitative estimate of drug-likeness (QED) is 0.550. The topological polar surface area (TPSA) is 55.8 Å². The summed E-state index contributed by atoms with van der Waals surface area (Å²) in [5.41, 5.74) is 2.13. The van der Waals surface area contributed by atoms with Gasteiger partial charge in [-0.15, -0.1) is 0 Å².